The van der Waals surface area contributed by atoms with E-state index in [2.05, 4.69) is 0 Å². The zero-order chi connectivity index (χ0) is 26.1. The van der Waals surface area contributed by atoms with E-state index in [1.165, 1.54) is 26.2 Å². The third kappa shape index (κ3) is 4.11. The van der Waals surface area contributed by atoms with Gasteiger partial charge in [0.15, 0.2) is 17.6 Å². The van der Waals surface area contributed by atoms with Crippen LogP contribution in [0.4, 0.5) is 11.4 Å². The molecular weight excluding hydrogens is 476 g/mol. The minimum absolute atomic E-state index is 0.371. The first kappa shape index (κ1) is 24.5. The lowest BCUT2D eigenvalue weighted by Crippen LogP contribution is -2.37. The van der Waals surface area contributed by atoms with Gasteiger partial charge in [-0.25, -0.2) is 9.96 Å². The Morgan fingerprint density at radius 3 is 2.14 bits per heavy atom. The molecule has 0 spiro atoms. The van der Waals surface area contributed by atoms with Crippen molar-refractivity contribution in [3.63, 3.8) is 0 Å². The molecule has 0 aliphatic carbocycles. The van der Waals surface area contributed by atoms with Gasteiger partial charge in [0.05, 0.1) is 39.3 Å². The molecule has 0 aromatic heterocycles. The molecule has 2 heterocycles. The summed E-state index contributed by atoms with van der Waals surface area (Å²) >= 11 is 0. The van der Waals surface area contributed by atoms with Crippen LogP contribution in [0.5, 0.6) is 23.0 Å². The molecule has 9 nitrogen and oxygen atoms in total. The van der Waals surface area contributed by atoms with E-state index in [4.69, 9.17) is 23.8 Å². The van der Waals surface area contributed by atoms with Crippen LogP contribution in [-0.2, 0) is 14.4 Å². The summed E-state index contributed by atoms with van der Waals surface area (Å²) in [6.45, 7) is 2.34. The standard InChI is InChI=1S/C28H28N2O7/c1-5-36-19-13-9-12-18(14-19)29-27(31)24-25(20-15-22(34-3)23(35-4)16-21(20)33-2)30(37-26(24)28(29)32)17-10-7-6-8-11-17/h6-16,24-26H,5H2,1-4H3/t24-,25-,26-/m1/s1. The number of ether oxygens (including phenoxy) is 4. The number of nitrogens with zero attached hydrogens (tertiary/aromatic N) is 2. The SMILES string of the molecule is CCOc1cccc(N2C(=O)[C@@H]3[C@@H](c4cc(OC)c(OC)cc4OC)N(c4ccccc4)O[C@H]3C2=O)c1. The lowest BCUT2D eigenvalue weighted by Gasteiger charge is -2.30. The van der Waals surface area contributed by atoms with Crippen LogP contribution in [0.15, 0.2) is 66.7 Å². The first-order valence-corrected chi connectivity index (χ1v) is 11.9. The van der Waals surface area contributed by atoms with E-state index in [1.54, 1.807) is 41.5 Å². The molecule has 2 amide bonds. The number of para-hydroxylation sites is 1. The summed E-state index contributed by atoms with van der Waals surface area (Å²) in [6, 6.07) is 19.0. The fraction of sp³-hybridized carbons (Fsp3) is 0.286. The molecule has 2 aliphatic rings. The number of anilines is 2. The van der Waals surface area contributed by atoms with Gasteiger partial charge < -0.3 is 18.9 Å². The molecule has 3 aromatic carbocycles. The molecule has 192 valence electrons. The number of amides is 2. The topological polar surface area (TPSA) is 86.8 Å². The number of hydrogen-bond acceptors (Lipinski definition) is 8. The average molecular weight is 505 g/mol. The van der Waals surface area contributed by atoms with E-state index < -0.39 is 24.0 Å². The summed E-state index contributed by atoms with van der Waals surface area (Å²) in [5.41, 5.74) is 1.76. The van der Waals surface area contributed by atoms with Gasteiger partial charge in [0.2, 0.25) is 5.91 Å². The first-order chi connectivity index (χ1) is 18.0. The first-order valence-electron chi connectivity index (χ1n) is 11.9. The number of hydrogen-bond donors (Lipinski definition) is 0. The van der Waals surface area contributed by atoms with Crippen molar-refractivity contribution in [3.8, 4) is 23.0 Å². The number of benzene rings is 3. The van der Waals surface area contributed by atoms with E-state index in [0.29, 0.717) is 46.5 Å². The Kier molecular flexibility index (Phi) is 6.62. The number of methoxy groups -OCH3 is 3. The van der Waals surface area contributed by atoms with E-state index in [0.717, 1.165) is 0 Å². The van der Waals surface area contributed by atoms with Crippen molar-refractivity contribution in [1.29, 1.82) is 0 Å². The van der Waals surface area contributed by atoms with Crippen LogP contribution in [0.25, 0.3) is 0 Å². The predicted octanol–water partition coefficient (Wildman–Crippen LogP) is 4.16. The maximum Gasteiger partial charge on any atom is 0.266 e. The van der Waals surface area contributed by atoms with Gasteiger partial charge in [-0.05, 0) is 37.3 Å². The second kappa shape index (κ2) is 10.0. The molecule has 0 unspecified atom stereocenters. The average Bonchev–Trinajstić information content (AvgIpc) is 3.44. The maximum absolute atomic E-state index is 14.0. The molecule has 3 atom stereocenters. The molecule has 9 heteroatoms. The molecule has 2 fully saturated rings. The van der Waals surface area contributed by atoms with E-state index in [-0.39, 0.29) is 5.91 Å². The molecule has 5 rings (SSSR count). The zero-order valence-corrected chi connectivity index (χ0v) is 21.0. The van der Waals surface area contributed by atoms with Crippen molar-refractivity contribution in [2.75, 3.05) is 37.9 Å². The Morgan fingerprint density at radius 2 is 1.46 bits per heavy atom. The second-order valence-corrected chi connectivity index (χ2v) is 8.55. The minimum Gasteiger partial charge on any atom is -0.496 e. The van der Waals surface area contributed by atoms with Crippen molar-refractivity contribution in [2.45, 2.75) is 19.1 Å². The van der Waals surface area contributed by atoms with Gasteiger partial charge in [0.1, 0.15) is 23.5 Å². The van der Waals surface area contributed by atoms with Crippen LogP contribution in [0.1, 0.15) is 18.5 Å². The predicted molar refractivity (Wildman–Crippen MR) is 136 cm³/mol. The van der Waals surface area contributed by atoms with E-state index >= 15 is 0 Å². The number of carbonyl (C=O) groups excluding carboxylic acids is 2. The summed E-state index contributed by atoms with van der Waals surface area (Å²) in [7, 11) is 4.61. The minimum atomic E-state index is -1.02. The van der Waals surface area contributed by atoms with Crippen molar-refractivity contribution < 1.29 is 33.4 Å². The maximum atomic E-state index is 14.0. The molecule has 2 saturated heterocycles. The molecular formula is C28H28N2O7. The van der Waals surface area contributed by atoms with Crippen LogP contribution in [0.2, 0.25) is 0 Å². The van der Waals surface area contributed by atoms with Crippen molar-refractivity contribution in [3.05, 3.63) is 72.3 Å². The summed E-state index contributed by atoms with van der Waals surface area (Å²) in [5, 5.41) is 1.61. The fourth-order valence-electron chi connectivity index (χ4n) is 4.95. The molecule has 3 aromatic rings. The fourth-order valence-corrected chi connectivity index (χ4v) is 4.95. The summed E-state index contributed by atoms with van der Waals surface area (Å²) in [6.07, 6.45) is -1.02. The van der Waals surface area contributed by atoms with Gasteiger partial charge >= 0.3 is 0 Å². The van der Waals surface area contributed by atoms with Gasteiger partial charge in [-0.3, -0.25) is 14.4 Å². The van der Waals surface area contributed by atoms with Gasteiger partial charge in [0, 0.05) is 17.7 Å². The highest BCUT2D eigenvalue weighted by Gasteiger charge is 2.61. The largest absolute Gasteiger partial charge is 0.496 e. The third-order valence-corrected chi connectivity index (χ3v) is 6.57. The van der Waals surface area contributed by atoms with Crippen LogP contribution < -0.4 is 28.9 Å². The van der Waals surface area contributed by atoms with E-state index in [9.17, 15) is 9.59 Å². The Morgan fingerprint density at radius 1 is 0.784 bits per heavy atom. The molecule has 2 aliphatic heterocycles. The number of imide groups is 1. The highest BCUT2D eigenvalue weighted by atomic mass is 16.7. The number of rotatable bonds is 8. The summed E-state index contributed by atoms with van der Waals surface area (Å²) in [4.78, 5) is 35.0. The zero-order valence-electron chi connectivity index (χ0n) is 21.0. The number of hydroxylamine groups is 1. The van der Waals surface area contributed by atoms with Crippen LogP contribution in [0.3, 0.4) is 0 Å². The lowest BCUT2D eigenvalue weighted by atomic mass is 9.89. The number of carbonyl (C=O) groups is 2. The van der Waals surface area contributed by atoms with Crippen molar-refractivity contribution >= 4 is 23.2 Å². The van der Waals surface area contributed by atoms with Gasteiger partial charge in [-0.1, -0.05) is 24.3 Å². The molecule has 0 radical (unpaired) electrons. The Hall–Kier alpha value is -4.24. The monoisotopic (exact) mass is 504 g/mol. The van der Waals surface area contributed by atoms with E-state index in [1.807, 2.05) is 37.3 Å². The van der Waals surface area contributed by atoms with Gasteiger partial charge in [-0.15, -0.1) is 0 Å². The Balaban J connectivity index is 1.63. The quantitative estimate of drug-likeness (QED) is 0.423. The Labute approximate surface area is 215 Å². The molecule has 37 heavy (non-hydrogen) atoms. The summed E-state index contributed by atoms with van der Waals surface area (Å²) in [5.74, 6) is 0.346. The lowest BCUT2D eigenvalue weighted by molar-refractivity contribution is -0.126. The number of fused-ring (bicyclic) bond motifs is 1. The normalized spacial score (nSPS) is 20.7. The van der Waals surface area contributed by atoms with Crippen molar-refractivity contribution in [1.82, 2.24) is 0 Å². The van der Waals surface area contributed by atoms with Crippen molar-refractivity contribution in [2.24, 2.45) is 5.92 Å². The highest BCUT2D eigenvalue weighted by Crippen LogP contribution is 2.51. The molecule has 0 bridgehead atoms. The van der Waals surface area contributed by atoms with Crippen LogP contribution in [-0.4, -0.2) is 45.9 Å². The third-order valence-electron chi connectivity index (χ3n) is 6.57. The van der Waals surface area contributed by atoms with Gasteiger partial charge in [0.25, 0.3) is 5.91 Å². The smallest absolute Gasteiger partial charge is 0.266 e. The second-order valence-electron chi connectivity index (χ2n) is 8.55. The summed E-state index contributed by atoms with van der Waals surface area (Å²) < 4.78 is 22.3. The van der Waals surface area contributed by atoms with Crippen LogP contribution in [0, 0.1) is 5.92 Å². The van der Waals surface area contributed by atoms with Crippen LogP contribution >= 0.6 is 0 Å². The molecule has 0 N–H and O–H groups in total. The van der Waals surface area contributed by atoms with Gasteiger partial charge in [-0.2, -0.15) is 0 Å². The Bertz CT molecular complexity index is 1310. The molecule has 0 saturated carbocycles. The highest BCUT2D eigenvalue weighted by molar-refractivity contribution is 6.24.